The SMILES string of the molecule is CCCCC(C(=O)OC)N(C)CC1CCC1. The van der Waals surface area contributed by atoms with Gasteiger partial charge in [-0.15, -0.1) is 0 Å². The van der Waals surface area contributed by atoms with Crippen LogP contribution in [0.2, 0.25) is 0 Å². The average molecular weight is 227 g/mol. The number of carbonyl (C=O) groups is 1. The van der Waals surface area contributed by atoms with E-state index in [1.54, 1.807) is 0 Å². The fourth-order valence-electron chi connectivity index (χ4n) is 2.26. The van der Waals surface area contributed by atoms with Crippen molar-refractivity contribution < 1.29 is 9.53 Å². The standard InChI is InChI=1S/C13H25NO2/c1-4-5-9-12(13(15)16-3)14(2)10-11-7-6-8-11/h11-12H,4-10H2,1-3H3. The molecule has 1 aliphatic carbocycles. The van der Waals surface area contributed by atoms with Gasteiger partial charge in [0.1, 0.15) is 6.04 Å². The number of carbonyl (C=O) groups excluding carboxylic acids is 1. The van der Waals surface area contributed by atoms with Crippen molar-refractivity contribution in [1.82, 2.24) is 4.90 Å². The summed E-state index contributed by atoms with van der Waals surface area (Å²) in [6.07, 6.45) is 7.15. The summed E-state index contributed by atoms with van der Waals surface area (Å²) in [5, 5.41) is 0. The molecule has 0 aromatic carbocycles. The molecule has 0 saturated heterocycles. The monoisotopic (exact) mass is 227 g/mol. The van der Waals surface area contributed by atoms with Crippen LogP contribution < -0.4 is 0 Å². The number of hydrogen-bond acceptors (Lipinski definition) is 3. The van der Waals surface area contributed by atoms with Crippen LogP contribution in [0.15, 0.2) is 0 Å². The lowest BCUT2D eigenvalue weighted by Gasteiger charge is -2.33. The van der Waals surface area contributed by atoms with Crippen molar-refractivity contribution in [3.05, 3.63) is 0 Å². The summed E-state index contributed by atoms with van der Waals surface area (Å²) in [5.41, 5.74) is 0. The molecule has 3 nitrogen and oxygen atoms in total. The van der Waals surface area contributed by atoms with Crippen LogP contribution in [-0.4, -0.2) is 37.6 Å². The first-order valence-electron chi connectivity index (χ1n) is 6.47. The first kappa shape index (κ1) is 13.5. The Bertz CT molecular complexity index is 214. The fourth-order valence-corrected chi connectivity index (χ4v) is 2.26. The Kier molecular flexibility index (Phi) is 5.81. The van der Waals surface area contributed by atoms with Crippen molar-refractivity contribution in [1.29, 1.82) is 0 Å². The van der Waals surface area contributed by atoms with Gasteiger partial charge in [-0.25, -0.2) is 0 Å². The third-order valence-electron chi connectivity index (χ3n) is 3.61. The lowest BCUT2D eigenvalue weighted by Crippen LogP contribution is -2.42. The summed E-state index contributed by atoms with van der Waals surface area (Å²) in [6, 6.07) is -0.0365. The minimum atomic E-state index is -0.0738. The maximum absolute atomic E-state index is 11.7. The van der Waals surface area contributed by atoms with E-state index in [0.717, 1.165) is 31.7 Å². The second-order valence-electron chi connectivity index (χ2n) is 4.92. The molecule has 16 heavy (non-hydrogen) atoms. The molecule has 0 amide bonds. The van der Waals surface area contributed by atoms with Crippen molar-refractivity contribution >= 4 is 5.97 Å². The van der Waals surface area contributed by atoms with Gasteiger partial charge < -0.3 is 4.74 Å². The van der Waals surface area contributed by atoms with Gasteiger partial charge in [0.25, 0.3) is 0 Å². The summed E-state index contributed by atoms with van der Waals surface area (Å²) in [6.45, 7) is 3.20. The Labute approximate surface area is 99.1 Å². The zero-order valence-corrected chi connectivity index (χ0v) is 10.9. The second-order valence-corrected chi connectivity index (χ2v) is 4.92. The van der Waals surface area contributed by atoms with Gasteiger partial charge in [-0.3, -0.25) is 9.69 Å². The van der Waals surface area contributed by atoms with E-state index in [1.165, 1.54) is 26.4 Å². The van der Waals surface area contributed by atoms with Crippen LogP contribution in [0.3, 0.4) is 0 Å². The van der Waals surface area contributed by atoms with E-state index < -0.39 is 0 Å². The molecule has 0 spiro atoms. The molecule has 0 radical (unpaired) electrons. The van der Waals surface area contributed by atoms with E-state index in [9.17, 15) is 4.79 Å². The lowest BCUT2D eigenvalue weighted by atomic mass is 9.85. The predicted molar refractivity (Wildman–Crippen MR) is 65.3 cm³/mol. The summed E-state index contributed by atoms with van der Waals surface area (Å²) < 4.78 is 4.88. The molecule has 0 bridgehead atoms. The molecule has 0 aromatic rings. The Hall–Kier alpha value is -0.570. The van der Waals surface area contributed by atoms with Crippen LogP contribution >= 0.6 is 0 Å². The topological polar surface area (TPSA) is 29.5 Å². The number of nitrogens with zero attached hydrogens (tertiary/aromatic N) is 1. The maximum atomic E-state index is 11.7. The first-order valence-corrected chi connectivity index (χ1v) is 6.47. The minimum absolute atomic E-state index is 0.0365. The second kappa shape index (κ2) is 6.89. The molecule has 1 aliphatic rings. The number of unbranched alkanes of at least 4 members (excludes halogenated alkanes) is 1. The van der Waals surface area contributed by atoms with E-state index in [0.29, 0.717) is 0 Å². The van der Waals surface area contributed by atoms with E-state index in [1.807, 2.05) is 0 Å². The van der Waals surface area contributed by atoms with E-state index >= 15 is 0 Å². The molecule has 3 heteroatoms. The summed E-state index contributed by atoms with van der Waals surface area (Å²) in [7, 11) is 3.54. The van der Waals surface area contributed by atoms with Crippen LogP contribution in [-0.2, 0) is 9.53 Å². The zero-order chi connectivity index (χ0) is 12.0. The molecular weight excluding hydrogens is 202 g/mol. The number of hydrogen-bond donors (Lipinski definition) is 0. The van der Waals surface area contributed by atoms with E-state index in [4.69, 9.17) is 4.74 Å². The fraction of sp³-hybridized carbons (Fsp3) is 0.923. The molecule has 0 heterocycles. The van der Waals surface area contributed by atoms with Gasteiger partial charge in [0.05, 0.1) is 7.11 Å². The number of methoxy groups -OCH3 is 1. The van der Waals surface area contributed by atoms with Gasteiger partial charge in [-0.05, 0) is 32.2 Å². The lowest BCUT2D eigenvalue weighted by molar-refractivity contribution is -0.147. The van der Waals surface area contributed by atoms with Crippen LogP contribution in [0, 0.1) is 5.92 Å². The van der Waals surface area contributed by atoms with Crippen LogP contribution in [0.5, 0.6) is 0 Å². The van der Waals surface area contributed by atoms with Gasteiger partial charge in [0.15, 0.2) is 0 Å². The summed E-state index contributed by atoms with van der Waals surface area (Å²) in [4.78, 5) is 13.9. The number of esters is 1. The van der Waals surface area contributed by atoms with Gasteiger partial charge in [0, 0.05) is 6.54 Å². The number of rotatable bonds is 7. The van der Waals surface area contributed by atoms with Crippen molar-refractivity contribution in [3.8, 4) is 0 Å². The molecule has 1 saturated carbocycles. The van der Waals surface area contributed by atoms with Crippen molar-refractivity contribution in [2.75, 3.05) is 20.7 Å². The predicted octanol–water partition coefficient (Wildman–Crippen LogP) is 2.45. The van der Waals surface area contributed by atoms with Crippen LogP contribution in [0.25, 0.3) is 0 Å². The molecule has 1 atom stereocenters. The maximum Gasteiger partial charge on any atom is 0.323 e. The average Bonchev–Trinajstić information content (AvgIpc) is 2.23. The first-order chi connectivity index (χ1) is 7.69. The minimum Gasteiger partial charge on any atom is -0.468 e. The molecule has 1 rings (SSSR count). The van der Waals surface area contributed by atoms with Gasteiger partial charge >= 0.3 is 5.97 Å². The molecule has 1 unspecified atom stereocenters. The highest BCUT2D eigenvalue weighted by atomic mass is 16.5. The number of likely N-dealkylation sites (N-methyl/N-ethyl adjacent to an activating group) is 1. The van der Waals surface area contributed by atoms with Crippen LogP contribution in [0.4, 0.5) is 0 Å². The molecule has 94 valence electrons. The highest BCUT2D eigenvalue weighted by Gasteiger charge is 2.27. The van der Waals surface area contributed by atoms with Crippen molar-refractivity contribution in [3.63, 3.8) is 0 Å². The Balaban J connectivity index is 2.41. The molecule has 0 aromatic heterocycles. The molecule has 0 aliphatic heterocycles. The van der Waals surface area contributed by atoms with E-state index in [-0.39, 0.29) is 12.0 Å². The largest absolute Gasteiger partial charge is 0.468 e. The Morgan fingerprint density at radius 1 is 1.50 bits per heavy atom. The van der Waals surface area contributed by atoms with Crippen molar-refractivity contribution in [2.45, 2.75) is 51.5 Å². The molecule has 1 fully saturated rings. The van der Waals surface area contributed by atoms with Gasteiger partial charge in [0.2, 0.25) is 0 Å². The molecular formula is C13H25NO2. The highest BCUT2D eigenvalue weighted by Crippen LogP contribution is 2.27. The smallest absolute Gasteiger partial charge is 0.323 e. The van der Waals surface area contributed by atoms with Crippen molar-refractivity contribution in [2.24, 2.45) is 5.92 Å². The summed E-state index contributed by atoms with van der Waals surface area (Å²) >= 11 is 0. The third-order valence-corrected chi connectivity index (χ3v) is 3.61. The third kappa shape index (κ3) is 3.78. The molecule has 0 N–H and O–H groups in total. The Morgan fingerprint density at radius 2 is 2.19 bits per heavy atom. The Morgan fingerprint density at radius 3 is 2.62 bits per heavy atom. The van der Waals surface area contributed by atoms with Gasteiger partial charge in [-0.1, -0.05) is 26.2 Å². The zero-order valence-electron chi connectivity index (χ0n) is 10.9. The number of ether oxygens (including phenoxy) is 1. The van der Waals surface area contributed by atoms with Gasteiger partial charge in [-0.2, -0.15) is 0 Å². The van der Waals surface area contributed by atoms with E-state index in [2.05, 4.69) is 18.9 Å². The summed E-state index contributed by atoms with van der Waals surface area (Å²) in [5.74, 6) is 0.731. The highest BCUT2D eigenvalue weighted by molar-refractivity contribution is 5.75. The van der Waals surface area contributed by atoms with Crippen LogP contribution in [0.1, 0.15) is 45.4 Å². The quantitative estimate of drug-likeness (QED) is 0.626. The normalized spacial score (nSPS) is 18.2.